The number of nitrogens with zero attached hydrogens (tertiary/aromatic N) is 6. The van der Waals surface area contributed by atoms with Crippen molar-refractivity contribution in [3.05, 3.63) is 165 Å². The third-order valence-electron chi connectivity index (χ3n) is 17.4. The molecule has 8 aromatic rings. The molecule has 4 atom stereocenters. The zero-order valence-electron chi connectivity index (χ0n) is 54.4. The minimum Gasteiger partial charge on any atom is -0.444 e. The van der Waals surface area contributed by atoms with Gasteiger partial charge in [-0.15, -0.1) is 23.2 Å². The van der Waals surface area contributed by atoms with Crippen LogP contribution >= 0.6 is 77.2 Å². The van der Waals surface area contributed by atoms with E-state index in [2.05, 4.69) is 91.2 Å². The van der Waals surface area contributed by atoms with Crippen molar-refractivity contribution in [3.63, 3.8) is 0 Å². The number of aliphatic imine (C=N–C) groups is 2. The molecule has 4 saturated heterocycles. The topological polar surface area (TPSA) is 199 Å². The van der Waals surface area contributed by atoms with Gasteiger partial charge in [-0.3, -0.25) is 29.4 Å². The summed E-state index contributed by atoms with van der Waals surface area (Å²) < 4.78 is 67.7. The maximum absolute atomic E-state index is 14.6. The highest BCUT2D eigenvalue weighted by molar-refractivity contribution is 7.59. The lowest BCUT2D eigenvalue weighted by Crippen LogP contribution is -2.43. The molecule has 0 unspecified atom stereocenters. The van der Waals surface area contributed by atoms with Gasteiger partial charge >= 0.3 is 12.2 Å². The second-order valence-corrected chi connectivity index (χ2v) is 27.4. The Balaban J connectivity index is 0.000000238. The Morgan fingerprint density at radius 2 is 1.00 bits per heavy atom. The van der Waals surface area contributed by atoms with Gasteiger partial charge in [-0.25, -0.2) is 37.1 Å². The molecule has 97 heavy (non-hydrogen) atoms. The largest absolute Gasteiger partial charge is 0.444 e. The number of carbonyl (C=O) groups is 2. The van der Waals surface area contributed by atoms with Gasteiger partial charge in [0.15, 0.2) is 0 Å². The van der Waals surface area contributed by atoms with Crippen LogP contribution in [0, 0.1) is 0 Å². The molecule has 4 fully saturated rings. The van der Waals surface area contributed by atoms with E-state index in [1.165, 1.54) is 23.3 Å². The van der Waals surface area contributed by atoms with Gasteiger partial charge in [-0.05, 0) is 188 Å². The average molecular weight is 1440 g/mol. The van der Waals surface area contributed by atoms with E-state index >= 15 is 0 Å². The number of carbonyl (C=O) groups excluding carboxylic acids is 2. The number of halogens is 6. The van der Waals surface area contributed by atoms with Crippen LogP contribution in [0.3, 0.4) is 0 Å². The summed E-state index contributed by atoms with van der Waals surface area (Å²) in [5, 5.41) is 11.5. The summed E-state index contributed by atoms with van der Waals surface area (Å²) in [5.74, 6) is -5.73. The molecule has 0 saturated carbocycles. The van der Waals surface area contributed by atoms with Crippen molar-refractivity contribution in [1.82, 2.24) is 40.4 Å². The number of benzene rings is 6. The maximum Gasteiger partial charge on any atom is 0.411 e. The summed E-state index contributed by atoms with van der Waals surface area (Å²) in [6.45, 7) is 11.1. The summed E-state index contributed by atoms with van der Waals surface area (Å²) in [6.07, 6.45) is 7.35. The first kappa shape index (κ1) is 75.9. The van der Waals surface area contributed by atoms with Crippen molar-refractivity contribution >= 4 is 155 Å². The molecule has 0 aliphatic carbocycles. The minimum atomic E-state index is -3.16. The number of fused-ring (bicyclic) bond motifs is 4. The fraction of sp³-hybridized carbons (Fsp3) is 0.380. The number of hydrogen-bond acceptors (Lipinski definition) is 12. The molecular formula is C71H80Cl2F4N10O6S4. The van der Waals surface area contributed by atoms with Crippen LogP contribution in [0.25, 0.3) is 76.8 Å². The van der Waals surface area contributed by atoms with Crippen LogP contribution in [-0.4, -0.2) is 120 Å². The number of ether oxygens (including phenoxy) is 2. The number of aromatic amines is 2. The SMILES string of the molecule is CC(C)(C)OC(=O)N1CCC[C@H]1C1=NC=C(c2ccc3cc(-c4ccc5c(=O)[nH]c([C@@H]6CC(F)(F)CN6C(=O)OC(C)(C)C)nc5c4)ccc3c2)C1.ClCCl.O=c1[nH]c([C@@H]2CC(F)(F)CN2)nc2cc(-c3ccc4cc(C5=CN=C([C@@H]6CCCN6)C5)ccc4c3)ccc12.S.S.S.S. The van der Waals surface area contributed by atoms with E-state index < -0.39 is 66.3 Å². The molecule has 8 heterocycles. The van der Waals surface area contributed by atoms with Gasteiger partial charge < -0.3 is 30.1 Å². The maximum atomic E-state index is 14.6. The number of allylic oxidation sites excluding steroid dienone is 2. The molecule has 2 aromatic heterocycles. The quantitative estimate of drug-likeness (QED) is 0.0838. The molecule has 6 aliphatic rings. The number of alkyl halides is 6. The normalized spacial score (nSPS) is 20.0. The van der Waals surface area contributed by atoms with E-state index in [9.17, 15) is 36.7 Å². The standard InChI is InChI=1S/C40H43F2N5O5.C30H27F2N5O.CH2Cl2.4H2S/c1-38(2,3)51-36(49)46-15-7-8-32(46)31-19-28(21-43-31)26-12-11-23-16-25(10-9-24(23)17-26)27-13-14-29-30(18-27)44-34(45-35(29)48)33-20-40(41,42)22-47(33)37(50)52-39(4,5)6;31-30(32)14-27(35-16-30)28-36-25-12-21(7-8-23(25)29(38)37-28)19-4-3-18-11-20(6-5-17(18)10-19)22-13-26(34-15-22)24-2-1-9-33-24;2-1-3;;;;/h9-14,16-18,21,32-33H,7-8,15,19-20,22H2,1-6H3,(H,44,45,48);3-8,10-12,15,24,27,33,35H,1-2,9,13-14,16H2,(H,36,37,38);1H2;4*1H2/t32-,33-;24-,27-;;;;;/m00...../s1. The predicted molar refractivity (Wildman–Crippen MR) is 401 cm³/mol. The predicted octanol–water partition coefficient (Wildman–Crippen LogP) is 15.9. The van der Waals surface area contributed by atoms with Crippen molar-refractivity contribution < 1.29 is 36.6 Å². The molecule has 0 radical (unpaired) electrons. The second-order valence-electron chi connectivity index (χ2n) is 26.6. The highest BCUT2D eigenvalue weighted by atomic mass is 35.5. The highest BCUT2D eigenvalue weighted by Gasteiger charge is 2.50. The Labute approximate surface area is 597 Å². The lowest BCUT2D eigenvalue weighted by atomic mass is 9.95. The Bertz CT molecular complexity index is 4530. The molecule has 0 spiro atoms. The summed E-state index contributed by atoms with van der Waals surface area (Å²) in [7, 11) is 0. The van der Waals surface area contributed by atoms with Gasteiger partial charge in [0.2, 0.25) is 0 Å². The van der Waals surface area contributed by atoms with E-state index in [-0.39, 0.29) is 95.1 Å². The second kappa shape index (κ2) is 30.7. The fourth-order valence-corrected chi connectivity index (χ4v) is 13.0. The van der Waals surface area contributed by atoms with Gasteiger partial charge in [-0.2, -0.15) is 54.0 Å². The van der Waals surface area contributed by atoms with Crippen molar-refractivity contribution in [3.8, 4) is 22.3 Å². The van der Waals surface area contributed by atoms with E-state index in [0.717, 1.165) is 97.8 Å². The van der Waals surface area contributed by atoms with Gasteiger partial charge in [-0.1, -0.05) is 60.7 Å². The molecule has 14 rings (SSSR count). The molecule has 6 aromatic carbocycles. The van der Waals surface area contributed by atoms with Crippen LogP contribution in [0.15, 0.2) is 141 Å². The van der Waals surface area contributed by atoms with E-state index in [1.807, 2.05) is 63.5 Å². The summed E-state index contributed by atoms with van der Waals surface area (Å²) >= 11 is 9.53. The molecule has 26 heteroatoms. The number of amides is 2. The summed E-state index contributed by atoms with van der Waals surface area (Å²) in [5.41, 5.74) is 8.98. The minimum absolute atomic E-state index is 0. The van der Waals surface area contributed by atoms with Crippen LogP contribution in [0.1, 0.15) is 128 Å². The van der Waals surface area contributed by atoms with Gasteiger partial charge in [0.1, 0.15) is 22.9 Å². The molecule has 4 N–H and O–H groups in total. The zero-order valence-corrected chi connectivity index (χ0v) is 60.0. The van der Waals surface area contributed by atoms with E-state index in [4.69, 9.17) is 42.7 Å². The van der Waals surface area contributed by atoms with Crippen molar-refractivity contribution in [2.45, 2.75) is 140 Å². The van der Waals surface area contributed by atoms with Gasteiger partial charge in [0.25, 0.3) is 23.0 Å². The summed E-state index contributed by atoms with van der Waals surface area (Å²) in [4.78, 5) is 78.2. The Kier molecular flexibility index (Phi) is 24.0. The molecular weight excluding hydrogens is 1360 g/mol. The first-order valence-corrected chi connectivity index (χ1v) is 32.4. The summed E-state index contributed by atoms with van der Waals surface area (Å²) in [6, 6.07) is 34.4. The number of aromatic nitrogens is 4. The molecule has 2 amide bonds. The Morgan fingerprint density at radius 3 is 1.49 bits per heavy atom. The van der Waals surface area contributed by atoms with Gasteiger partial charge in [0, 0.05) is 62.1 Å². The van der Waals surface area contributed by atoms with Crippen LogP contribution in [0.4, 0.5) is 27.2 Å². The molecule has 0 bridgehead atoms. The van der Waals surface area contributed by atoms with Crippen molar-refractivity contribution in [1.29, 1.82) is 0 Å². The average Bonchev–Trinajstić information content (AvgIpc) is 1.76. The number of H-pyrrole nitrogens is 2. The van der Waals surface area contributed by atoms with E-state index in [1.54, 1.807) is 43.9 Å². The number of likely N-dealkylation sites (tertiary alicyclic amines) is 2. The van der Waals surface area contributed by atoms with E-state index in [0.29, 0.717) is 40.8 Å². The molecule has 16 nitrogen and oxygen atoms in total. The zero-order chi connectivity index (χ0) is 65.7. The monoisotopic (exact) mass is 1440 g/mol. The third kappa shape index (κ3) is 17.4. The lowest BCUT2D eigenvalue weighted by Gasteiger charge is -2.28. The van der Waals surface area contributed by atoms with Crippen LogP contribution in [-0.2, 0) is 9.47 Å². The van der Waals surface area contributed by atoms with Gasteiger partial charge in [0.05, 0.1) is 58.4 Å². The number of hydrogen-bond donors (Lipinski definition) is 4. The third-order valence-corrected chi connectivity index (χ3v) is 17.4. The highest BCUT2D eigenvalue weighted by Crippen LogP contribution is 2.42. The number of nitrogens with one attached hydrogen (secondary N) is 4. The first-order chi connectivity index (χ1) is 44.3. The Hall–Kier alpha value is -6.90. The fourth-order valence-electron chi connectivity index (χ4n) is 13.0. The van der Waals surface area contributed by atoms with Crippen LogP contribution in [0.5, 0.6) is 0 Å². The Morgan fingerprint density at radius 1 is 0.546 bits per heavy atom. The molecule has 516 valence electrons. The van der Waals surface area contributed by atoms with Crippen LogP contribution < -0.4 is 21.8 Å². The lowest BCUT2D eigenvalue weighted by molar-refractivity contribution is -0.00248. The first-order valence-electron chi connectivity index (χ1n) is 31.3. The van der Waals surface area contributed by atoms with Crippen molar-refractivity contribution in [2.24, 2.45) is 9.98 Å². The smallest absolute Gasteiger partial charge is 0.411 e. The van der Waals surface area contributed by atoms with Crippen LogP contribution in [0.2, 0.25) is 0 Å². The molecule has 6 aliphatic heterocycles. The van der Waals surface area contributed by atoms with Crippen molar-refractivity contribution in [2.75, 3.05) is 31.5 Å². The number of rotatable bonds is 8.